The molecule has 0 heterocycles. The van der Waals surface area contributed by atoms with Crippen molar-refractivity contribution in [2.45, 2.75) is 13.3 Å². The average Bonchev–Trinajstić information content (AvgIpc) is 2.38. The van der Waals surface area contributed by atoms with E-state index in [4.69, 9.17) is 10.5 Å². The fourth-order valence-electron chi connectivity index (χ4n) is 1.37. The molecule has 19 heavy (non-hydrogen) atoms. The van der Waals surface area contributed by atoms with Crippen molar-refractivity contribution in [3.8, 4) is 5.75 Å². The van der Waals surface area contributed by atoms with Gasteiger partial charge < -0.3 is 21.1 Å². The number of nitrogens with one attached hydrogen (secondary N) is 2. The summed E-state index contributed by atoms with van der Waals surface area (Å²) in [4.78, 5) is 22.1. The molecule has 0 aliphatic rings. The summed E-state index contributed by atoms with van der Waals surface area (Å²) in [6.45, 7) is 2.98. The van der Waals surface area contributed by atoms with Crippen LogP contribution < -0.4 is 21.1 Å². The van der Waals surface area contributed by atoms with Crippen LogP contribution >= 0.6 is 0 Å². The first-order chi connectivity index (χ1) is 9.11. The summed E-state index contributed by atoms with van der Waals surface area (Å²) in [5.74, 6) is -0.0976. The molecule has 0 spiro atoms. The number of carbonyl (C=O) groups is 2. The van der Waals surface area contributed by atoms with Crippen molar-refractivity contribution in [2.24, 2.45) is 5.73 Å². The Kier molecular flexibility index (Phi) is 6.38. The van der Waals surface area contributed by atoms with E-state index in [2.05, 4.69) is 10.6 Å². The molecule has 0 atom stereocenters. The monoisotopic (exact) mass is 265 g/mol. The molecular weight excluding hydrogens is 246 g/mol. The van der Waals surface area contributed by atoms with E-state index in [0.29, 0.717) is 11.4 Å². The third kappa shape index (κ3) is 6.42. The number of primary amides is 1. The Labute approximate surface area is 112 Å². The minimum Gasteiger partial charge on any atom is -0.484 e. The SMILES string of the molecule is CCCNCC(=O)Nc1ccc(OCC(N)=O)cc1. The van der Waals surface area contributed by atoms with Crippen molar-refractivity contribution in [1.29, 1.82) is 0 Å². The number of hydrogen-bond acceptors (Lipinski definition) is 4. The molecule has 0 radical (unpaired) electrons. The van der Waals surface area contributed by atoms with Gasteiger partial charge in [-0.15, -0.1) is 0 Å². The number of anilines is 1. The second-order valence-electron chi connectivity index (χ2n) is 4.00. The first-order valence-corrected chi connectivity index (χ1v) is 6.13. The molecule has 1 aromatic rings. The molecule has 2 amide bonds. The molecule has 0 aromatic heterocycles. The number of ether oxygens (including phenoxy) is 1. The van der Waals surface area contributed by atoms with E-state index < -0.39 is 5.91 Å². The second kappa shape index (κ2) is 8.10. The fraction of sp³-hybridized carbons (Fsp3) is 0.385. The van der Waals surface area contributed by atoms with Crippen LogP contribution in [0, 0.1) is 0 Å². The number of rotatable bonds is 8. The van der Waals surface area contributed by atoms with Crippen LogP contribution in [-0.4, -0.2) is 31.5 Å². The standard InChI is InChI=1S/C13H19N3O3/c1-2-7-15-8-13(18)16-10-3-5-11(6-4-10)19-9-12(14)17/h3-6,15H,2,7-9H2,1H3,(H2,14,17)(H,16,18). The van der Waals surface area contributed by atoms with Crippen molar-refractivity contribution < 1.29 is 14.3 Å². The average molecular weight is 265 g/mol. The minimum atomic E-state index is -0.528. The molecular formula is C13H19N3O3. The van der Waals surface area contributed by atoms with E-state index in [-0.39, 0.29) is 19.1 Å². The van der Waals surface area contributed by atoms with E-state index in [1.165, 1.54) is 0 Å². The molecule has 6 nitrogen and oxygen atoms in total. The van der Waals surface area contributed by atoms with Crippen molar-refractivity contribution in [3.05, 3.63) is 24.3 Å². The van der Waals surface area contributed by atoms with Crippen molar-refractivity contribution in [2.75, 3.05) is 25.0 Å². The van der Waals surface area contributed by atoms with Gasteiger partial charge in [-0.25, -0.2) is 0 Å². The molecule has 0 unspecified atom stereocenters. The number of carbonyl (C=O) groups excluding carboxylic acids is 2. The molecule has 0 aliphatic carbocycles. The zero-order chi connectivity index (χ0) is 14.1. The maximum atomic E-state index is 11.5. The normalized spacial score (nSPS) is 9.95. The molecule has 1 aromatic carbocycles. The van der Waals surface area contributed by atoms with Gasteiger partial charge in [0.05, 0.1) is 6.54 Å². The zero-order valence-corrected chi connectivity index (χ0v) is 10.9. The Hall–Kier alpha value is -2.08. The zero-order valence-electron chi connectivity index (χ0n) is 10.9. The van der Waals surface area contributed by atoms with Crippen molar-refractivity contribution in [3.63, 3.8) is 0 Å². The van der Waals surface area contributed by atoms with E-state index in [1.54, 1.807) is 24.3 Å². The van der Waals surface area contributed by atoms with Gasteiger partial charge in [0.1, 0.15) is 5.75 Å². The van der Waals surface area contributed by atoms with Crippen LogP contribution in [-0.2, 0) is 9.59 Å². The number of nitrogens with two attached hydrogens (primary N) is 1. The Morgan fingerprint density at radius 1 is 1.26 bits per heavy atom. The number of amides is 2. The summed E-state index contributed by atoms with van der Waals surface area (Å²) in [6.07, 6.45) is 0.985. The predicted octanol–water partition coefficient (Wildman–Crippen LogP) is 0.489. The van der Waals surface area contributed by atoms with E-state index in [9.17, 15) is 9.59 Å². The Balaban J connectivity index is 2.39. The van der Waals surface area contributed by atoms with Crippen LogP contribution in [0.2, 0.25) is 0 Å². The van der Waals surface area contributed by atoms with E-state index >= 15 is 0 Å². The van der Waals surface area contributed by atoms with Gasteiger partial charge in [0, 0.05) is 5.69 Å². The topological polar surface area (TPSA) is 93.4 Å². The Morgan fingerprint density at radius 3 is 2.53 bits per heavy atom. The summed E-state index contributed by atoms with van der Waals surface area (Å²) < 4.78 is 5.11. The van der Waals surface area contributed by atoms with Gasteiger partial charge in [0.25, 0.3) is 5.91 Å². The summed E-state index contributed by atoms with van der Waals surface area (Å²) in [5, 5.41) is 5.76. The summed E-state index contributed by atoms with van der Waals surface area (Å²) in [6, 6.07) is 6.73. The largest absolute Gasteiger partial charge is 0.484 e. The van der Waals surface area contributed by atoms with Gasteiger partial charge in [0.2, 0.25) is 5.91 Å². The highest BCUT2D eigenvalue weighted by Crippen LogP contribution is 2.15. The maximum absolute atomic E-state index is 11.5. The summed E-state index contributed by atoms with van der Waals surface area (Å²) >= 11 is 0. The molecule has 0 saturated heterocycles. The highest BCUT2D eigenvalue weighted by molar-refractivity contribution is 5.92. The third-order valence-corrected chi connectivity index (χ3v) is 2.23. The maximum Gasteiger partial charge on any atom is 0.255 e. The highest BCUT2D eigenvalue weighted by Gasteiger charge is 2.02. The van der Waals surface area contributed by atoms with E-state index in [0.717, 1.165) is 13.0 Å². The first kappa shape index (κ1) is 15.0. The Bertz CT molecular complexity index is 418. The lowest BCUT2D eigenvalue weighted by Crippen LogP contribution is -2.28. The molecule has 0 saturated carbocycles. The van der Waals surface area contributed by atoms with Crippen LogP contribution in [0.1, 0.15) is 13.3 Å². The van der Waals surface area contributed by atoms with Gasteiger partial charge in [0.15, 0.2) is 6.61 Å². The fourth-order valence-corrected chi connectivity index (χ4v) is 1.37. The van der Waals surface area contributed by atoms with Crippen LogP contribution in [0.4, 0.5) is 5.69 Å². The smallest absolute Gasteiger partial charge is 0.255 e. The van der Waals surface area contributed by atoms with E-state index in [1.807, 2.05) is 6.92 Å². The molecule has 0 bridgehead atoms. The van der Waals surface area contributed by atoms with Gasteiger partial charge in [-0.05, 0) is 37.2 Å². The quantitative estimate of drug-likeness (QED) is 0.596. The first-order valence-electron chi connectivity index (χ1n) is 6.13. The number of hydrogen-bond donors (Lipinski definition) is 3. The summed E-state index contributed by atoms with van der Waals surface area (Å²) in [5.41, 5.74) is 5.64. The minimum absolute atomic E-state index is 0.0979. The molecule has 104 valence electrons. The van der Waals surface area contributed by atoms with Crippen LogP contribution in [0.5, 0.6) is 5.75 Å². The van der Waals surface area contributed by atoms with Crippen LogP contribution in [0.25, 0.3) is 0 Å². The lowest BCUT2D eigenvalue weighted by Gasteiger charge is -2.07. The van der Waals surface area contributed by atoms with Gasteiger partial charge in [-0.3, -0.25) is 9.59 Å². The number of benzene rings is 1. The van der Waals surface area contributed by atoms with Gasteiger partial charge >= 0.3 is 0 Å². The molecule has 0 aliphatic heterocycles. The lowest BCUT2D eigenvalue weighted by atomic mass is 10.3. The highest BCUT2D eigenvalue weighted by atomic mass is 16.5. The molecule has 1 rings (SSSR count). The molecule has 4 N–H and O–H groups in total. The van der Waals surface area contributed by atoms with Gasteiger partial charge in [-0.1, -0.05) is 6.92 Å². The van der Waals surface area contributed by atoms with Crippen LogP contribution in [0.15, 0.2) is 24.3 Å². The summed E-state index contributed by atoms with van der Waals surface area (Å²) in [7, 11) is 0. The van der Waals surface area contributed by atoms with Crippen LogP contribution in [0.3, 0.4) is 0 Å². The third-order valence-electron chi connectivity index (χ3n) is 2.23. The Morgan fingerprint density at radius 2 is 1.95 bits per heavy atom. The second-order valence-corrected chi connectivity index (χ2v) is 4.00. The van der Waals surface area contributed by atoms with Gasteiger partial charge in [-0.2, -0.15) is 0 Å². The van der Waals surface area contributed by atoms with Crippen molar-refractivity contribution in [1.82, 2.24) is 5.32 Å². The molecule has 6 heteroatoms. The predicted molar refractivity (Wildman–Crippen MR) is 72.9 cm³/mol. The van der Waals surface area contributed by atoms with Crippen molar-refractivity contribution >= 4 is 17.5 Å². The lowest BCUT2D eigenvalue weighted by molar-refractivity contribution is -0.120. The molecule has 0 fully saturated rings.